The summed E-state index contributed by atoms with van der Waals surface area (Å²) in [5.41, 5.74) is -1.48. The minimum absolute atomic E-state index is 0.379. The molecular formula is C19H20F3N3O3. The predicted octanol–water partition coefficient (Wildman–Crippen LogP) is 2.22. The smallest absolute Gasteiger partial charge is 0.421 e. The van der Waals surface area contributed by atoms with Crippen LogP contribution in [0.2, 0.25) is 0 Å². The minimum atomic E-state index is -4.74. The van der Waals surface area contributed by atoms with Crippen LogP contribution in [0.3, 0.4) is 0 Å². The molecule has 1 aromatic carbocycles. The van der Waals surface area contributed by atoms with Gasteiger partial charge in [-0.2, -0.15) is 13.2 Å². The highest BCUT2D eigenvalue weighted by Crippen LogP contribution is 2.26. The third-order valence-electron chi connectivity index (χ3n) is 4.70. The van der Waals surface area contributed by atoms with Gasteiger partial charge in [-0.25, -0.2) is 0 Å². The van der Waals surface area contributed by atoms with E-state index in [0.29, 0.717) is 26.2 Å². The zero-order valence-corrected chi connectivity index (χ0v) is 15.3. The number of nitrogens with zero attached hydrogens (tertiary/aromatic N) is 3. The van der Waals surface area contributed by atoms with Gasteiger partial charge in [-0.15, -0.1) is 0 Å². The number of hydrogen-bond acceptors (Lipinski definition) is 4. The zero-order chi connectivity index (χ0) is 20.3. The third kappa shape index (κ3) is 4.29. The van der Waals surface area contributed by atoms with Crippen molar-refractivity contribution in [2.45, 2.75) is 12.7 Å². The Kier molecular flexibility index (Phi) is 5.62. The standard InChI is InChI=1S/C19H20F3N3O3/c1-28-15-6-4-14(5-7-15)23-9-11-24(12-10-23)17(26)13-25-8-2-3-16(18(25)27)19(20,21)22/h2-8H,9-13H2,1H3. The van der Waals surface area contributed by atoms with Gasteiger partial charge in [-0.05, 0) is 36.4 Å². The van der Waals surface area contributed by atoms with E-state index in [4.69, 9.17) is 4.74 Å². The number of piperazine rings is 1. The maximum absolute atomic E-state index is 12.9. The number of benzene rings is 1. The molecule has 1 saturated heterocycles. The molecule has 6 nitrogen and oxygen atoms in total. The van der Waals surface area contributed by atoms with Gasteiger partial charge in [0.1, 0.15) is 17.9 Å². The summed E-state index contributed by atoms with van der Waals surface area (Å²) in [4.78, 5) is 28.1. The fraction of sp³-hybridized carbons (Fsp3) is 0.368. The van der Waals surface area contributed by atoms with Crippen molar-refractivity contribution in [2.75, 3.05) is 38.2 Å². The SMILES string of the molecule is COc1ccc(N2CCN(C(=O)Cn3cccc(C(F)(F)F)c3=O)CC2)cc1. The maximum atomic E-state index is 12.9. The first-order chi connectivity index (χ1) is 13.3. The summed E-state index contributed by atoms with van der Waals surface area (Å²) < 4.78 is 44.5. The lowest BCUT2D eigenvalue weighted by molar-refractivity contribution is -0.139. The lowest BCUT2D eigenvalue weighted by atomic mass is 10.2. The Morgan fingerprint density at radius 2 is 1.71 bits per heavy atom. The second kappa shape index (κ2) is 7.95. The molecule has 1 aliphatic rings. The fourth-order valence-corrected chi connectivity index (χ4v) is 3.13. The molecule has 1 aromatic heterocycles. The van der Waals surface area contributed by atoms with Crippen LogP contribution in [-0.4, -0.2) is 48.7 Å². The van der Waals surface area contributed by atoms with Crippen molar-refractivity contribution in [1.82, 2.24) is 9.47 Å². The number of methoxy groups -OCH3 is 1. The summed E-state index contributed by atoms with van der Waals surface area (Å²) in [6.45, 7) is 1.63. The van der Waals surface area contributed by atoms with Crippen molar-refractivity contribution in [3.8, 4) is 5.75 Å². The molecule has 0 atom stereocenters. The van der Waals surface area contributed by atoms with Crippen molar-refractivity contribution in [2.24, 2.45) is 0 Å². The van der Waals surface area contributed by atoms with E-state index in [2.05, 4.69) is 4.90 Å². The van der Waals surface area contributed by atoms with Gasteiger partial charge in [0.15, 0.2) is 0 Å². The van der Waals surface area contributed by atoms with Crippen molar-refractivity contribution in [1.29, 1.82) is 0 Å². The lowest BCUT2D eigenvalue weighted by Crippen LogP contribution is -2.50. The average Bonchev–Trinajstić information content (AvgIpc) is 2.69. The predicted molar refractivity (Wildman–Crippen MR) is 97.5 cm³/mol. The molecule has 0 aliphatic carbocycles. The highest BCUT2D eigenvalue weighted by Gasteiger charge is 2.34. The van der Waals surface area contributed by atoms with Crippen LogP contribution in [0.5, 0.6) is 5.75 Å². The molecular weight excluding hydrogens is 375 g/mol. The summed E-state index contributed by atoms with van der Waals surface area (Å²) in [6.07, 6.45) is -3.55. The van der Waals surface area contributed by atoms with Gasteiger partial charge in [-0.3, -0.25) is 9.59 Å². The maximum Gasteiger partial charge on any atom is 0.421 e. The van der Waals surface area contributed by atoms with Crippen molar-refractivity contribution >= 4 is 11.6 Å². The molecule has 1 aliphatic heterocycles. The Labute approximate surface area is 159 Å². The van der Waals surface area contributed by atoms with E-state index in [1.54, 1.807) is 12.0 Å². The van der Waals surface area contributed by atoms with Crippen LogP contribution in [0, 0.1) is 0 Å². The van der Waals surface area contributed by atoms with Crippen molar-refractivity contribution < 1.29 is 22.7 Å². The van der Waals surface area contributed by atoms with Gasteiger partial charge in [-0.1, -0.05) is 0 Å². The first-order valence-corrected chi connectivity index (χ1v) is 8.73. The summed E-state index contributed by atoms with van der Waals surface area (Å²) >= 11 is 0. The van der Waals surface area contributed by atoms with Gasteiger partial charge in [0, 0.05) is 38.1 Å². The molecule has 3 rings (SSSR count). The zero-order valence-electron chi connectivity index (χ0n) is 15.3. The largest absolute Gasteiger partial charge is 0.497 e. The van der Waals surface area contributed by atoms with E-state index in [-0.39, 0.29) is 5.91 Å². The van der Waals surface area contributed by atoms with E-state index in [0.717, 1.165) is 28.1 Å². The number of alkyl halides is 3. The van der Waals surface area contributed by atoms with E-state index in [1.165, 1.54) is 6.20 Å². The summed E-state index contributed by atoms with van der Waals surface area (Å²) in [7, 11) is 1.59. The molecule has 9 heteroatoms. The highest BCUT2D eigenvalue weighted by molar-refractivity contribution is 5.76. The molecule has 150 valence electrons. The Hall–Kier alpha value is -2.97. The van der Waals surface area contributed by atoms with Gasteiger partial charge >= 0.3 is 6.18 Å². The van der Waals surface area contributed by atoms with Crippen molar-refractivity contribution in [3.05, 3.63) is 58.5 Å². The number of carbonyl (C=O) groups excluding carboxylic acids is 1. The number of rotatable bonds is 4. The summed E-state index contributed by atoms with van der Waals surface area (Å²) in [6, 6.07) is 9.41. The molecule has 0 saturated carbocycles. The topological polar surface area (TPSA) is 54.8 Å². The average molecular weight is 395 g/mol. The number of halogens is 3. The number of aromatic nitrogens is 1. The summed E-state index contributed by atoms with van der Waals surface area (Å²) in [5, 5.41) is 0. The first kappa shape index (κ1) is 19.8. The number of hydrogen-bond donors (Lipinski definition) is 0. The number of anilines is 1. The normalized spacial score (nSPS) is 14.9. The molecule has 0 radical (unpaired) electrons. The monoisotopic (exact) mass is 395 g/mol. The third-order valence-corrected chi connectivity index (χ3v) is 4.70. The highest BCUT2D eigenvalue weighted by atomic mass is 19.4. The molecule has 2 heterocycles. The minimum Gasteiger partial charge on any atom is -0.497 e. The van der Waals surface area contributed by atoms with E-state index >= 15 is 0 Å². The Morgan fingerprint density at radius 3 is 2.29 bits per heavy atom. The second-order valence-electron chi connectivity index (χ2n) is 6.42. The van der Waals surface area contributed by atoms with E-state index < -0.39 is 23.8 Å². The summed E-state index contributed by atoms with van der Waals surface area (Å²) in [5.74, 6) is 0.375. The molecule has 1 amide bonds. The van der Waals surface area contributed by atoms with Crippen LogP contribution in [0.1, 0.15) is 5.56 Å². The number of amides is 1. The van der Waals surface area contributed by atoms with Gasteiger partial charge in [0.25, 0.3) is 5.56 Å². The molecule has 1 fully saturated rings. The molecule has 0 unspecified atom stereocenters. The van der Waals surface area contributed by atoms with Crippen LogP contribution >= 0.6 is 0 Å². The molecule has 28 heavy (non-hydrogen) atoms. The second-order valence-corrected chi connectivity index (χ2v) is 6.42. The Bertz CT molecular complexity index is 886. The molecule has 0 spiro atoms. The number of ether oxygens (including phenoxy) is 1. The van der Waals surface area contributed by atoms with E-state index in [1.807, 2.05) is 24.3 Å². The molecule has 0 bridgehead atoms. The Balaban J connectivity index is 1.62. The van der Waals surface area contributed by atoms with Gasteiger partial charge < -0.3 is 19.1 Å². The number of pyridine rings is 1. The van der Waals surface area contributed by atoms with Crippen LogP contribution < -0.4 is 15.2 Å². The van der Waals surface area contributed by atoms with Crippen LogP contribution in [0.4, 0.5) is 18.9 Å². The van der Waals surface area contributed by atoms with Crippen molar-refractivity contribution in [3.63, 3.8) is 0 Å². The van der Waals surface area contributed by atoms with Crippen LogP contribution in [-0.2, 0) is 17.5 Å². The first-order valence-electron chi connectivity index (χ1n) is 8.73. The lowest BCUT2D eigenvalue weighted by Gasteiger charge is -2.36. The van der Waals surface area contributed by atoms with Crippen LogP contribution in [0.15, 0.2) is 47.4 Å². The van der Waals surface area contributed by atoms with Gasteiger partial charge in [0.2, 0.25) is 5.91 Å². The molecule has 2 aromatic rings. The Morgan fingerprint density at radius 1 is 1.07 bits per heavy atom. The number of carbonyl (C=O) groups is 1. The quantitative estimate of drug-likeness (QED) is 0.797. The van der Waals surface area contributed by atoms with E-state index in [9.17, 15) is 22.8 Å². The van der Waals surface area contributed by atoms with Gasteiger partial charge in [0.05, 0.1) is 7.11 Å². The fourth-order valence-electron chi connectivity index (χ4n) is 3.13. The van der Waals surface area contributed by atoms with Crippen LogP contribution in [0.25, 0.3) is 0 Å². The molecule has 0 N–H and O–H groups in total.